The highest BCUT2D eigenvalue weighted by Gasteiger charge is 2.11. The molecule has 0 N–H and O–H groups in total. The smallest absolute Gasteiger partial charge is 0.227 e. The number of hydrogen-bond donors (Lipinski definition) is 0. The van der Waals surface area contributed by atoms with Gasteiger partial charge < -0.3 is 4.90 Å². The van der Waals surface area contributed by atoms with Gasteiger partial charge in [-0.2, -0.15) is 0 Å². The first-order valence-corrected chi connectivity index (χ1v) is 7.81. The molecule has 0 aliphatic carbocycles. The molecule has 100 valence electrons. The lowest BCUT2D eigenvalue weighted by molar-refractivity contribution is -0.129. The second kappa shape index (κ2) is 6.55. The van der Waals surface area contributed by atoms with Crippen molar-refractivity contribution in [2.45, 2.75) is 13.0 Å². The molecular formula is C14H13BrClNOS. The summed E-state index contributed by atoms with van der Waals surface area (Å²) in [5, 5.41) is 2.68. The van der Waals surface area contributed by atoms with Crippen molar-refractivity contribution in [3.63, 3.8) is 0 Å². The zero-order valence-corrected chi connectivity index (χ0v) is 13.6. The third kappa shape index (κ3) is 4.34. The van der Waals surface area contributed by atoms with Crippen molar-refractivity contribution in [3.05, 3.63) is 55.6 Å². The highest BCUT2D eigenvalue weighted by molar-refractivity contribution is 9.10. The number of hydrogen-bond acceptors (Lipinski definition) is 2. The van der Waals surface area contributed by atoms with E-state index in [4.69, 9.17) is 11.6 Å². The Labute approximate surface area is 130 Å². The SMILES string of the molecule is CN(Cc1cc(Br)cs1)C(=O)Cc1cccc(Cl)c1. The van der Waals surface area contributed by atoms with Gasteiger partial charge in [0.2, 0.25) is 5.91 Å². The van der Waals surface area contributed by atoms with E-state index in [9.17, 15) is 4.79 Å². The van der Waals surface area contributed by atoms with Crippen LogP contribution in [0.3, 0.4) is 0 Å². The first kappa shape index (κ1) is 14.6. The molecule has 1 amide bonds. The molecule has 2 nitrogen and oxygen atoms in total. The number of thiophene rings is 1. The highest BCUT2D eigenvalue weighted by Crippen LogP contribution is 2.21. The summed E-state index contributed by atoms with van der Waals surface area (Å²) >= 11 is 11.0. The predicted octanol–water partition coefficient (Wildman–Crippen LogP) is 4.37. The van der Waals surface area contributed by atoms with E-state index in [-0.39, 0.29) is 5.91 Å². The minimum atomic E-state index is 0.0896. The molecule has 1 heterocycles. The Hall–Kier alpha value is -0.840. The third-order valence-electron chi connectivity index (χ3n) is 2.68. The lowest BCUT2D eigenvalue weighted by atomic mass is 10.1. The van der Waals surface area contributed by atoms with Gasteiger partial charge in [0, 0.05) is 26.8 Å². The predicted molar refractivity (Wildman–Crippen MR) is 83.6 cm³/mol. The number of nitrogens with zero attached hydrogens (tertiary/aromatic N) is 1. The van der Waals surface area contributed by atoms with Gasteiger partial charge in [-0.05, 0) is 39.7 Å². The summed E-state index contributed by atoms with van der Waals surface area (Å²) in [4.78, 5) is 15.0. The molecule has 1 aromatic carbocycles. The Bertz CT molecular complexity index is 584. The van der Waals surface area contributed by atoms with Crippen molar-refractivity contribution < 1.29 is 4.79 Å². The lowest BCUT2D eigenvalue weighted by Crippen LogP contribution is -2.27. The number of likely N-dealkylation sites (N-methyl/N-ethyl adjacent to an activating group) is 1. The maximum Gasteiger partial charge on any atom is 0.227 e. The van der Waals surface area contributed by atoms with E-state index in [1.54, 1.807) is 16.2 Å². The number of halogens is 2. The van der Waals surface area contributed by atoms with Gasteiger partial charge in [-0.15, -0.1) is 11.3 Å². The first-order chi connectivity index (χ1) is 9.04. The van der Waals surface area contributed by atoms with Crippen LogP contribution in [0.15, 0.2) is 40.2 Å². The molecule has 2 aromatic rings. The lowest BCUT2D eigenvalue weighted by Gasteiger charge is -2.16. The molecule has 1 aromatic heterocycles. The average molecular weight is 359 g/mol. The summed E-state index contributed by atoms with van der Waals surface area (Å²) in [5.41, 5.74) is 0.941. The molecule has 0 saturated carbocycles. The summed E-state index contributed by atoms with van der Waals surface area (Å²) < 4.78 is 1.06. The Balaban J connectivity index is 1.96. The van der Waals surface area contributed by atoms with Crippen molar-refractivity contribution in [2.24, 2.45) is 0 Å². The van der Waals surface area contributed by atoms with Crippen molar-refractivity contribution >= 4 is 44.8 Å². The van der Waals surface area contributed by atoms with Gasteiger partial charge in [0.05, 0.1) is 13.0 Å². The van der Waals surface area contributed by atoms with E-state index in [0.717, 1.165) is 14.9 Å². The Kier molecular flexibility index (Phi) is 5.02. The molecule has 0 saturated heterocycles. The molecule has 0 atom stereocenters. The molecule has 0 radical (unpaired) electrons. The fraction of sp³-hybridized carbons (Fsp3) is 0.214. The van der Waals surface area contributed by atoms with E-state index >= 15 is 0 Å². The van der Waals surface area contributed by atoms with Crippen molar-refractivity contribution in [2.75, 3.05) is 7.05 Å². The second-order valence-electron chi connectivity index (χ2n) is 4.29. The number of carbonyl (C=O) groups is 1. The fourth-order valence-corrected chi connectivity index (χ4v) is 3.43. The zero-order chi connectivity index (χ0) is 13.8. The van der Waals surface area contributed by atoms with Crippen molar-refractivity contribution in [3.8, 4) is 0 Å². The normalized spacial score (nSPS) is 10.5. The fourth-order valence-electron chi connectivity index (χ4n) is 1.72. The summed E-state index contributed by atoms with van der Waals surface area (Å²) in [5.74, 6) is 0.0896. The third-order valence-corrected chi connectivity index (χ3v) is 4.60. The number of carbonyl (C=O) groups excluding carboxylic acids is 1. The van der Waals surface area contributed by atoms with Gasteiger partial charge in [-0.25, -0.2) is 0 Å². The number of benzene rings is 1. The molecule has 0 bridgehead atoms. The standard InChI is InChI=1S/C14H13BrClNOS/c1-17(8-13-7-11(15)9-19-13)14(18)6-10-3-2-4-12(16)5-10/h2-5,7,9H,6,8H2,1H3. The van der Waals surface area contributed by atoms with E-state index in [1.807, 2.05) is 42.8 Å². The van der Waals surface area contributed by atoms with Crippen LogP contribution in [0, 0.1) is 0 Å². The van der Waals surface area contributed by atoms with E-state index in [1.165, 1.54) is 0 Å². The molecule has 0 spiro atoms. The minimum Gasteiger partial charge on any atom is -0.340 e. The maximum atomic E-state index is 12.1. The summed E-state index contributed by atoms with van der Waals surface area (Å²) in [6.07, 6.45) is 0.379. The molecule has 0 aliphatic heterocycles. The van der Waals surface area contributed by atoms with Gasteiger partial charge in [0.25, 0.3) is 0 Å². The van der Waals surface area contributed by atoms with Crippen LogP contribution in [0.25, 0.3) is 0 Å². The summed E-state index contributed by atoms with van der Waals surface area (Å²) in [6, 6.07) is 9.45. The zero-order valence-electron chi connectivity index (χ0n) is 10.4. The van der Waals surface area contributed by atoms with Crippen LogP contribution in [-0.2, 0) is 17.8 Å². The average Bonchev–Trinajstić information content (AvgIpc) is 2.74. The number of amides is 1. The largest absolute Gasteiger partial charge is 0.340 e. The van der Waals surface area contributed by atoms with Crippen molar-refractivity contribution in [1.82, 2.24) is 4.90 Å². The minimum absolute atomic E-state index is 0.0896. The molecule has 2 rings (SSSR count). The summed E-state index contributed by atoms with van der Waals surface area (Å²) in [6.45, 7) is 0.635. The topological polar surface area (TPSA) is 20.3 Å². The van der Waals surface area contributed by atoms with E-state index in [2.05, 4.69) is 15.9 Å². The van der Waals surface area contributed by atoms with E-state index in [0.29, 0.717) is 18.0 Å². The van der Waals surface area contributed by atoms with Crippen LogP contribution in [0.4, 0.5) is 0 Å². The van der Waals surface area contributed by atoms with Crippen LogP contribution >= 0.6 is 38.9 Å². The number of rotatable bonds is 4. The summed E-state index contributed by atoms with van der Waals surface area (Å²) in [7, 11) is 1.82. The van der Waals surface area contributed by atoms with Gasteiger partial charge in [-0.1, -0.05) is 23.7 Å². The second-order valence-corrected chi connectivity index (χ2v) is 6.64. The molecule has 0 aliphatic rings. The monoisotopic (exact) mass is 357 g/mol. The Morgan fingerprint density at radius 1 is 1.42 bits per heavy atom. The van der Waals surface area contributed by atoms with Crippen LogP contribution in [0.2, 0.25) is 5.02 Å². The van der Waals surface area contributed by atoms with Gasteiger partial charge in [-0.3, -0.25) is 4.79 Å². The molecule has 5 heteroatoms. The Morgan fingerprint density at radius 2 is 2.21 bits per heavy atom. The van der Waals surface area contributed by atoms with Crippen LogP contribution < -0.4 is 0 Å². The van der Waals surface area contributed by atoms with Gasteiger partial charge in [0.15, 0.2) is 0 Å². The van der Waals surface area contributed by atoms with Gasteiger partial charge >= 0.3 is 0 Å². The molecule has 19 heavy (non-hydrogen) atoms. The molecular weight excluding hydrogens is 346 g/mol. The van der Waals surface area contributed by atoms with Crippen LogP contribution in [0.5, 0.6) is 0 Å². The maximum absolute atomic E-state index is 12.1. The molecule has 0 fully saturated rings. The van der Waals surface area contributed by atoms with E-state index < -0.39 is 0 Å². The van der Waals surface area contributed by atoms with Crippen LogP contribution in [0.1, 0.15) is 10.4 Å². The molecule has 0 unspecified atom stereocenters. The highest BCUT2D eigenvalue weighted by atomic mass is 79.9. The van der Waals surface area contributed by atoms with Crippen molar-refractivity contribution in [1.29, 1.82) is 0 Å². The Morgan fingerprint density at radius 3 is 2.84 bits per heavy atom. The van der Waals surface area contributed by atoms with Crippen LogP contribution in [-0.4, -0.2) is 17.9 Å². The quantitative estimate of drug-likeness (QED) is 0.795. The first-order valence-electron chi connectivity index (χ1n) is 5.76. The van der Waals surface area contributed by atoms with Gasteiger partial charge in [0.1, 0.15) is 0 Å².